The summed E-state index contributed by atoms with van der Waals surface area (Å²) in [5.74, 6) is 0. The first kappa shape index (κ1) is 13.0. The van der Waals surface area contributed by atoms with Crippen molar-refractivity contribution in [3.8, 4) is 0 Å². The Hall–Kier alpha value is -1.41. The number of nitrogens with zero attached hydrogens (tertiary/aromatic N) is 1. The summed E-state index contributed by atoms with van der Waals surface area (Å²) >= 11 is 0. The fourth-order valence-corrected chi connectivity index (χ4v) is 2.22. The first-order valence-electron chi connectivity index (χ1n) is 6.86. The van der Waals surface area contributed by atoms with E-state index in [1.54, 1.807) is 0 Å². The van der Waals surface area contributed by atoms with E-state index < -0.39 is 0 Å². The lowest BCUT2D eigenvalue weighted by Gasteiger charge is -2.14. The average Bonchev–Trinajstić information content (AvgIpc) is 2.42. The number of nitrogens with one attached hydrogen (secondary N) is 1. The maximum Gasteiger partial charge on any atom is 0.0346 e. The standard InChI is InChI=1S/C16H22N2/c1-3-4-7-13(2)18-12-15-11-17-10-14-8-5-6-9-16(14)15/h5-6,8-11,13,18H,3-4,7,12H2,1-2H3. The summed E-state index contributed by atoms with van der Waals surface area (Å²) in [5.41, 5.74) is 1.29. The van der Waals surface area contributed by atoms with Crippen LogP contribution in [-0.4, -0.2) is 11.0 Å². The first-order valence-corrected chi connectivity index (χ1v) is 6.86. The molecule has 0 bridgehead atoms. The smallest absolute Gasteiger partial charge is 0.0346 e. The minimum Gasteiger partial charge on any atom is -0.310 e. The Morgan fingerprint density at radius 2 is 2.06 bits per heavy atom. The van der Waals surface area contributed by atoms with Crippen molar-refractivity contribution in [1.82, 2.24) is 10.3 Å². The molecule has 2 aromatic rings. The third-order valence-electron chi connectivity index (χ3n) is 3.38. The van der Waals surface area contributed by atoms with E-state index >= 15 is 0 Å². The number of pyridine rings is 1. The molecule has 2 rings (SSSR count). The monoisotopic (exact) mass is 242 g/mol. The van der Waals surface area contributed by atoms with Gasteiger partial charge in [0.1, 0.15) is 0 Å². The lowest BCUT2D eigenvalue weighted by molar-refractivity contribution is 0.495. The number of hydrogen-bond donors (Lipinski definition) is 1. The van der Waals surface area contributed by atoms with Crippen molar-refractivity contribution in [2.75, 3.05) is 0 Å². The number of fused-ring (bicyclic) bond motifs is 1. The molecule has 2 heteroatoms. The van der Waals surface area contributed by atoms with Crippen LogP contribution in [0.3, 0.4) is 0 Å². The van der Waals surface area contributed by atoms with Gasteiger partial charge < -0.3 is 5.32 Å². The predicted octanol–water partition coefficient (Wildman–Crippen LogP) is 3.90. The van der Waals surface area contributed by atoms with Gasteiger partial charge in [-0.25, -0.2) is 0 Å². The number of aromatic nitrogens is 1. The Kier molecular flexibility index (Phi) is 4.71. The number of hydrogen-bond acceptors (Lipinski definition) is 2. The molecule has 1 N–H and O–H groups in total. The zero-order valence-corrected chi connectivity index (χ0v) is 11.3. The summed E-state index contributed by atoms with van der Waals surface area (Å²) in [6.45, 7) is 5.40. The third kappa shape index (κ3) is 3.30. The highest BCUT2D eigenvalue weighted by molar-refractivity contribution is 5.84. The maximum absolute atomic E-state index is 4.31. The van der Waals surface area contributed by atoms with Crippen LogP contribution in [0, 0.1) is 0 Å². The van der Waals surface area contributed by atoms with Gasteiger partial charge in [-0.3, -0.25) is 4.98 Å². The van der Waals surface area contributed by atoms with Gasteiger partial charge in [-0.05, 0) is 24.3 Å². The summed E-state index contributed by atoms with van der Waals surface area (Å²) in [5, 5.41) is 6.11. The van der Waals surface area contributed by atoms with Gasteiger partial charge in [-0.15, -0.1) is 0 Å². The predicted molar refractivity (Wildman–Crippen MR) is 77.6 cm³/mol. The lowest BCUT2D eigenvalue weighted by atomic mass is 10.1. The van der Waals surface area contributed by atoms with Crippen LogP contribution in [0.5, 0.6) is 0 Å². The molecular formula is C16H22N2. The molecule has 18 heavy (non-hydrogen) atoms. The van der Waals surface area contributed by atoms with Crippen LogP contribution >= 0.6 is 0 Å². The van der Waals surface area contributed by atoms with Crippen LogP contribution in [0.1, 0.15) is 38.7 Å². The van der Waals surface area contributed by atoms with Gasteiger partial charge >= 0.3 is 0 Å². The zero-order valence-electron chi connectivity index (χ0n) is 11.3. The van der Waals surface area contributed by atoms with Gasteiger partial charge in [0.05, 0.1) is 0 Å². The quantitative estimate of drug-likeness (QED) is 0.831. The molecule has 2 nitrogen and oxygen atoms in total. The van der Waals surface area contributed by atoms with Crippen LogP contribution in [0.4, 0.5) is 0 Å². The van der Waals surface area contributed by atoms with Crippen LogP contribution in [-0.2, 0) is 6.54 Å². The fraction of sp³-hybridized carbons (Fsp3) is 0.438. The molecule has 0 saturated carbocycles. The second-order valence-electron chi connectivity index (χ2n) is 4.94. The highest BCUT2D eigenvalue weighted by Gasteiger charge is 2.04. The Bertz CT molecular complexity index is 488. The second kappa shape index (κ2) is 6.50. The van der Waals surface area contributed by atoms with Crippen LogP contribution in [0.2, 0.25) is 0 Å². The molecular weight excluding hydrogens is 220 g/mol. The van der Waals surface area contributed by atoms with Gasteiger partial charge in [0, 0.05) is 30.4 Å². The van der Waals surface area contributed by atoms with Crippen LogP contribution < -0.4 is 5.32 Å². The van der Waals surface area contributed by atoms with Crippen molar-refractivity contribution >= 4 is 10.8 Å². The van der Waals surface area contributed by atoms with Crippen molar-refractivity contribution in [1.29, 1.82) is 0 Å². The Balaban J connectivity index is 2.03. The molecule has 0 aliphatic heterocycles. The summed E-state index contributed by atoms with van der Waals surface area (Å²) in [6, 6.07) is 9.01. The Morgan fingerprint density at radius 3 is 2.89 bits per heavy atom. The van der Waals surface area contributed by atoms with Gasteiger partial charge in [0.15, 0.2) is 0 Å². The van der Waals surface area contributed by atoms with Crippen molar-refractivity contribution in [2.45, 2.75) is 45.7 Å². The third-order valence-corrected chi connectivity index (χ3v) is 3.38. The van der Waals surface area contributed by atoms with Gasteiger partial charge in [-0.2, -0.15) is 0 Å². The number of unbranched alkanes of at least 4 members (excludes halogenated alkanes) is 1. The highest BCUT2D eigenvalue weighted by atomic mass is 14.9. The largest absolute Gasteiger partial charge is 0.310 e. The zero-order chi connectivity index (χ0) is 12.8. The summed E-state index contributed by atoms with van der Waals surface area (Å²) in [6.07, 6.45) is 7.71. The van der Waals surface area contributed by atoms with E-state index in [9.17, 15) is 0 Å². The van der Waals surface area contributed by atoms with Gasteiger partial charge in [0.25, 0.3) is 0 Å². The average molecular weight is 242 g/mol. The van der Waals surface area contributed by atoms with Gasteiger partial charge in [-0.1, -0.05) is 44.0 Å². The number of rotatable bonds is 6. The minimum atomic E-state index is 0.573. The van der Waals surface area contributed by atoms with Crippen molar-refractivity contribution in [3.05, 3.63) is 42.2 Å². The molecule has 0 radical (unpaired) electrons. The van der Waals surface area contributed by atoms with Crippen molar-refractivity contribution in [3.63, 3.8) is 0 Å². The molecule has 0 amide bonds. The summed E-state index contributed by atoms with van der Waals surface area (Å²) in [7, 11) is 0. The summed E-state index contributed by atoms with van der Waals surface area (Å²) < 4.78 is 0. The van der Waals surface area contributed by atoms with Gasteiger partial charge in [0.2, 0.25) is 0 Å². The van der Waals surface area contributed by atoms with E-state index in [-0.39, 0.29) is 0 Å². The second-order valence-corrected chi connectivity index (χ2v) is 4.94. The van der Waals surface area contributed by atoms with Crippen LogP contribution in [0.25, 0.3) is 10.8 Å². The number of benzene rings is 1. The van der Waals surface area contributed by atoms with E-state index in [4.69, 9.17) is 0 Å². The molecule has 1 unspecified atom stereocenters. The molecule has 0 saturated heterocycles. The van der Waals surface area contributed by atoms with Crippen molar-refractivity contribution in [2.24, 2.45) is 0 Å². The SMILES string of the molecule is CCCCC(C)NCc1cncc2ccccc12. The van der Waals surface area contributed by atoms with E-state index in [1.807, 2.05) is 12.4 Å². The molecule has 0 spiro atoms. The first-order chi connectivity index (χ1) is 8.81. The molecule has 1 aromatic heterocycles. The molecule has 1 heterocycles. The normalized spacial score (nSPS) is 12.8. The summed E-state index contributed by atoms with van der Waals surface area (Å²) in [4.78, 5) is 4.31. The molecule has 1 aromatic carbocycles. The van der Waals surface area contributed by atoms with E-state index in [0.717, 1.165) is 6.54 Å². The molecule has 0 aliphatic carbocycles. The van der Waals surface area contributed by atoms with Crippen LogP contribution in [0.15, 0.2) is 36.7 Å². The van der Waals surface area contributed by atoms with E-state index in [0.29, 0.717) is 6.04 Å². The molecule has 96 valence electrons. The highest BCUT2D eigenvalue weighted by Crippen LogP contribution is 2.17. The Morgan fingerprint density at radius 1 is 1.22 bits per heavy atom. The van der Waals surface area contributed by atoms with E-state index in [2.05, 4.69) is 48.4 Å². The maximum atomic E-state index is 4.31. The van der Waals surface area contributed by atoms with Crippen molar-refractivity contribution < 1.29 is 0 Å². The topological polar surface area (TPSA) is 24.9 Å². The lowest BCUT2D eigenvalue weighted by Crippen LogP contribution is -2.25. The minimum absolute atomic E-state index is 0.573. The molecule has 0 fully saturated rings. The van der Waals surface area contributed by atoms with E-state index in [1.165, 1.54) is 35.6 Å². The fourth-order valence-electron chi connectivity index (χ4n) is 2.22. The molecule has 0 aliphatic rings. The molecule has 1 atom stereocenters. The Labute approximate surface area is 109 Å².